The standard InChI is InChI=1S/C22H21NO5S/c1-13-8-17(18(24)11-26-22(25)21-7-4-14(2)29-21)15(3)23(13)10-16-5-6-19-20(9-16)28-12-27-19/h4-9H,10-12H2,1-3H3. The molecule has 0 fully saturated rings. The van der Waals surface area contributed by atoms with Crippen molar-refractivity contribution in [1.82, 2.24) is 4.57 Å². The zero-order valence-corrected chi connectivity index (χ0v) is 17.3. The maximum atomic E-state index is 12.7. The molecule has 150 valence electrons. The van der Waals surface area contributed by atoms with Crippen LogP contribution in [0.15, 0.2) is 36.4 Å². The maximum absolute atomic E-state index is 12.7. The van der Waals surface area contributed by atoms with Crippen LogP contribution < -0.4 is 9.47 Å². The van der Waals surface area contributed by atoms with E-state index in [0.717, 1.165) is 33.3 Å². The Morgan fingerprint density at radius 1 is 1.07 bits per heavy atom. The third kappa shape index (κ3) is 3.91. The van der Waals surface area contributed by atoms with E-state index in [9.17, 15) is 9.59 Å². The third-order valence-corrected chi connectivity index (χ3v) is 5.91. The summed E-state index contributed by atoms with van der Waals surface area (Å²) in [5.41, 5.74) is 3.42. The summed E-state index contributed by atoms with van der Waals surface area (Å²) in [5, 5.41) is 0. The predicted octanol–water partition coefficient (Wildman–Crippen LogP) is 4.29. The van der Waals surface area contributed by atoms with Crippen LogP contribution in [0.25, 0.3) is 0 Å². The molecule has 0 amide bonds. The van der Waals surface area contributed by atoms with E-state index >= 15 is 0 Å². The largest absolute Gasteiger partial charge is 0.454 e. The topological polar surface area (TPSA) is 66.8 Å². The van der Waals surface area contributed by atoms with E-state index < -0.39 is 5.97 Å². The van der Waals surface area contributed by atoms with Crippen LogP contribution in [0, 0.1) is 20.8 Å². The van der Waals surface area contributed by atoms with Crippen LogP contribution in [0.1, 0.15) is 41.9 Å². The van der Waals surface area contributed by atoms with Gasteiger partial charge in [0.25, 0.3) is 0 Å². The molecule has 1 aliphatic rings. The quantitative estimate of drug-likeness (QED) is 0.447. The van der Waals surface area contributed by atoms with Crippen molar-refractivity contribution in [3.8, 4) is 11.5 Å². The Labute approximate surface area is 172 Å². The first-order valence-corrected chi connectivity index (χ1v) is 10.1. The minimum absolute atomic E-state index is 0.211. The van der Waals surface area contributed by atoms with Gasteiger partial charge in [-0.05, 0) is 56.7 Å². The minimum Gasteiger partial charge on any atom is -0.454 e. The molecule has 0 saturated carbocycles. The highest BCUT2D eigenvalue weighted by Gasteiger charge is 2.19. The van der Waals surface area contributed by atoms with Gasteiger partial charge in [0.2, 0.25) is 12.6 Å². The summed E-state index contributed by atoms with van der Waals surface area (Å²) in [6, 6.07) is 11.2. The highest BCUT2D eigenvalue weighted by molar-refractivity contribution is 7.13. The second kappa shape index (κ2) is 7.75. The first-order chi connectivity index (χ1) is 13.9. The molecule has 7 heteroatoms. The number of rotatable bonds is 6. The third-order valence-electron chi connectivity index (χ3n) is 4.93. The van der Waals surface area contributed by atoms with Crippen molar-refractivity contribution in [2.24, 2.45) is 0 Å². The molecule has 0 spiro atoms. The van der Waals surface area contributed by atoms with Crippen molar-refractivity contribution in [2.45, 2.75) is 27.3 Å². The maximum Gasteiger partial charge on any atom is 0.348 e. The van der Waals surface area contributed by atoms with Crippen LogP contribution in [-0.2, 0) is 11.3 Å². The Morgan fingerprint density at radius 2 is 1.86 bits per heavy atom. The van der Waals surface area contributed by atoms with Crippen molar-refractivity contribution >= 4 is 23.1 Å². The number of carbonyl (C=O) groups is 2. The summed E-state index contributed by atoms with van der Waals surface area (Å²) in [4.78, 5) is 26.3. The fourth-order valence-corrected chi connectivity index (χ4v) is 4.13. The lowest BCUT2D eigenvalue weighted by Gasteiger charge is -2.11. The van der Waals surface area contributed by atoms with Gasteiger partial charge < -0.3 is 18.8 Å². The summed E-state index contributed by atoms with van der Waals surface area (Å²) >= 11 is 1.35. The van der Waals surface area contributed by atoms with Gasteiger partial charge in [-0.15, -0.1) is 11.3 Å². The number of fused-ring (bicyclic) bond motifs is 1. The van der Waals surface area contributed by atoms with Crippen molar-refractivity contribution in [2.75, 3.05) is 13.4 Å². The molecule has 0 bridgehead atoms. The molecular weight excluding hydrogens is 390 g/mol. The predicted molar refractivity (Wildman–Crippen MR) is 109 cm³/mol. The van der Waals surface area contributed by atoms with Gasteiger partial charge in [-0.1, -0.05) is 6.07 Å². The number of hydrogen-bond donors (Lipinski definition) is 0. The number of esters is 1. The molecule has 6 nitrogen and oxygen atoms in total. The molecule has 0 saturated heterocycles. The van der Waals surface area contributed by atoms with Gasteiger partial charge in [0, 0.05) is 28.4 Å². The van der Waals surface area contributed by atoms with Gasteiger partial charge in [-0.2, -0.15) is 0 Å². The molecular formula is C22H21NO5S. The smallest absolute Gasteiger partial charge is 0.348 e. The van der Waals surface area contributed by atoms with Gasteiger partial charge in [0.1, 0.15) is 4.88 Å². The van der Waals surface area contributed by atoms with Gasteiger partial charge in [-0.3, -0.25) is 4.79 Å². The number of hydrogen-bond acceptors (Lipinski definition) is 6. The highest BCUT2D eigenvalue weighted by Crippen LogP contribution is 2.33. The fourth-order valence-electron chi connectivity index (χ4n) is 3.37. The second-order valence-corrected chi connectivity index (χ2v) is 8.26. The van der Waals surface area contributed by atoms with E-state index in [4.69, 9.17) is 14.2 Å². The zero-order valence-electron chi connectivity index (χ0n) is 16.5. The van der Waals surface area contributed by atoms with Gasteiger partial charge >= 0.3 is 5.97 Å². The number of Topliss-reactive ketones (excluding diaryl/α,β-unsaturated/α-hetero) is 1. The molecule has 29 heavy (non-hydrogen) atoms. The molecule has 0 aliphatic carbocycles. The van der Waals surface area contributed by atoms with Crippen molar-refractivity contribution in [3.63, 3.8) is 0 Å². The molecule has 3 aromatic rings. The number of aromatic nitrogens is 1. The van der Waals surface area contributed by atoms with Crippen LogP contribution in [0.4, 0.5) is 0 Å². The van der Waals surface area contributed by atoms with E-state index in [-0.39, 0.29) is 19.2 Å². The molecule has 0 radical (unpaired) electrons. The van der Waals surface area contributed by atoms with Gasteiger partial charge in [-0.25, -0.2) is 4.79 Å². The SMILES string of the molecule is Cc1ccc(C(=O)OCC(=O)c2cc(C)n(Cc3ccc4c(c3)OCO4)c2C)s1. The number of carbonyl (C=O) groups excluding carboxylic acids is 2. The van der Waals surface area contributed by atoms with Crippen LogP contribution in [0.3, 0.4) is 0 Å². The van der Waals surface area contributed by atoms with Crippen molar-refractivity contribution in [3.05, 3.63) is 68.7 Å². The monoisotopic (exact) mass is 411 g/mol. The summed E-state index contributed by atoms with van der Waals surface area (Å²) in [6.07, 6.45) is 0. The van der Waals surface area contributed by atoms with E-state index in [1.807, 2.05) is 51.1 Å². The molecule has 0 N–H and O–H groups in total. The number of benzene rings is 1. The van der Waals surface area contributed by atoms with E-state index in [2.05, 4.69) is 4.57 Å². The van der Waals surface area contributed by atoms with E-state index in [1.165, 1.54) is 11.3 Å². The number of ketones is 1. The Hall–Kier alpha value is -3.06. The number of thiophene rings is 1. The first-order valence-electron chi connectivity index (χ1n) is 9.24. The number of nitrogens with zero attached hydrogens (tertiary/aromatic N) is 1. The fraction of sp³-hybridized carbons (Fsp3) is 0.273. The minimum atomic E-state index is -0.467. The van der Waals surface area contributed by atoms with Crippen LogP contribution in [0.2, 0.25) is 0 Å². The zero-order chi connectivity index (χ0) is 20.5. The lowest BCUT2D eigenvalue weighted by atomic mass is 10.1. The summed E-state index contributed by atoms with van der Waals surface area (Å²) in [5.74, 6) is 0.799. The second-order valence-electron chi connectivity index (χ2n) is 6.97. The molecule has 0 unspecified atom stereocenters. The average Bonchev–Trinajstić information content (AvgIpc) is 3.41. The average molecular weight is 411 g/mol. The molecule has 2 aromatic heterocycles. The Balaban J connectivity index is 1.46. The Morgan fingerprint density at radius 3 is 2.62 bits per heavy atom. The molecule has 1 aromatic carbocycles. The lowest BCUT2D eigenvalue weighted by Crippen LogP contribution is -2.14. The first kappa shape index (κ1) is 19.3. The van der Waals surface area contributed by atoms with E-state index in [1.54, 1.807) is 6.07 Å². The lowest BCUT2D eigenvalue weighted by molar-refractivity contribution is 0.0479. The molecule has 0 atom stereocenters. The summed E-state index contributed by atoms with van der Waals surface area (Å²) < 4.78 is 18.1. The number of aryl methyl sites for hydroxylation is 2. The summed E-state index contributed by atoms with van der Waals surface area (Å²) in [7, 11) is 0. The van der Waals surface area contributed by atoms with Crippen LogP contribution in [0.5, 0.6) is 11.5 Å². The molecule has 3 heterocycles. The van der Waals surface area contributed by atoms with E-state index in [0.29, 0.717) is 17.0 Å². The molecule has 4 rings (SSSR count). The Bertz CT molecular complexity index is 1090. The van der Waals surface area contributed by atoms with Gasteiger partial charge in [0.05, 0.1) is 0 Å². The summed E-state index contributed by atoms with van der Waals surface area (Å²) in [6.45, 7) is 6.35. The highest BCUT2D eigenvalue weighted by atomic mass is 32.1. The van der Waals surface area contributed by atoms with Crippen molar-refractivity contribution in [1.29, 1.82) is 0 Å². The van der Waals surface area contributed by atoms with Crippen LogP contribution >= 0.6 is 11.3 Å². The number of ether oxygens (including phenoxy) is 3. The Kier molecular flexibility index (Phi) is 5.15. The van der Waals surface area contributed by atoms with Crippen molar-refractivity contribution < 1.29 is 23.8 Å². The van der Waals surface area contributed by atoms with Gasteiger partial charge in [0.15, 0.2) is 18.1 Å². The molecule has 1 aliphatic heterocycles. The normalized spacial score (nSPS) is 12.2. The van der Waals surface area contributed by atoms with Crippen LogP contribution in [-0.4, -0.2) is 29.7 Å².